The van der Waals surface area contributed by atoms with E-state index >= 15 is 0 Å². The Labute approximate surface area is 181 Å². The zero-order valence-electron chi connectivity index (χ0n) is 17.6. The first kappa shape index (κ1) is 21.8. The molecule has 0 aliphatic heterocycles. The van der Waals surface area contributed by atoms with Gasteiger partial charge in [0.15, 0.2) is 12.4 Å². The minimum Gasteiger partial charge on any atom is -0.489 e. The molecular formula is C24H26N4O3. The molecule has 2 aromatic carbocycles. The summed E-state index contributed by atoms with van der Waals surface area (Å²) < 4.78 is 5.71. The number of amidine groups is 1. The van der Waals surface area contributed by atoms with Gasteiger partial charge >= 0.3 is 0 Å². The van der Waals surface area contributed by atoms with Gasteiger partial charge in [0.05, 0.1) is 0 Å². The number of amides is 1. The molecule has 0 fully saturated rings. The van der Waals surface area contributed by atoms with E-state index in [1.807, 2.05) is 36.4 Å². The summed E-state index contributed by atoms with van der Waals surface area (Å²) in [5.74, 6) is 0.997. The van der Waals surface area contributed by atoms with E-state index in [-0.39, 0.29) is 18.3 Å². The zero-order valence-corrected chi connectivity index (χ0v) is 17.6. The zero-order chi connectivity index (χ0) is 22.1. The molecule has 0 aliphatic rings. The highest BCUT2D eigenvalue weighted by molar-refractivity contribution is 5.97. The predicted octanol–water partition coefficient (Wildman–Crippen LogP) is 4.06. The number of rotatable bonds is 9. The highest BCUT2D eigenvalue weighted by Crippen LogP contribution is 2.17. The van der Waals surface area contributed by atoms with Gasteiger partial charge < -0.3 is 20.6 Å². The van der Waals surface area contributed by atoms with Crippen LogP contribution in [-0.2, 0) is 16.2 Å². The van der Waals surface area contributed by atoms with Gasteiger partial charge in [0, 0.05) is 29.2 Å². The Morgan fingerprint density at radius 3 is 2.48 bits per heavy atom. The molecule has 7 nitrogen and oxygen atoms in total. The Hall–Kier alpha value is -3.87. The van der Waals surface area contributed by atoms with Crippen LogP contribution in [-0.4, -0.2) is 23.3 Å². The van der Waals surface area contributed by atoms with Crippen LogP contribution < -0.4 is 15.8 Å². The Balaban J connectivity index is 1.45. The second-order valence-electron chi connectivity index (χ2n) is 7.25. The van der Waals surface area contributed by atoms with Gasteiger partial charge in [-0.15, -0.1) is 0 Å². The molecule has 0 unspecified atom stereocenters. The minimum absolute atomic E-state index is 0.174. The Morgan fingerprint density at radius 1 is 1.10 bits per heavy atom. The van der Waals surface area contributed by atoms with Gasteiger partial charge in [-0.05, 0) is 53.9 Å². The lowest BCUT2D eigenvalue weighted by Gasteiger charge is -2.08. The largest absolute Gasteiger partial charge is 0.489 e. The molecule has 1 aromatic heterocycles. The molecule has 0 saturated heterocycles. The van der Waals surface area contributed by atoms with E-state index in [1.54, 1.807) is 36.7 Å². The van der Waals surface area contributed by atoms with Crippen molar-refractivity contribution in [2.24, 2.45) is 10.9 Å². The van der Waals surface area contributed by atoms with E-state index in [9.17, 15) is 4.79 Å². The Bertz CT molecular complexity index is 1000. The monoisotopic (exact) mass is 418 g/mol. The summed E-state index contributed by atoms with van der Waals surface area (Å²) in [6.45, 7) is 4.42. The first-order valence-electron chi connectivity index (χ1n) is 9.98. The molecule has 1 heterocycles. The van der Waals surface area contributed by atoms with Gasteiger partial charge in [-0.1, -0.05) is 37.2 Å². The number of nitrogens with two attached hydrogens (primary N) is 1. The first-order chi connectivity index (χ1) is 15.0. The standard InChI is InChI=1S/C24H26N4O3/c1-17(2)19-5-9-21(10-6-19)27-23(29)16-31-28-24(25)20-7-11-22(12-8-20)30-15-18-4-3-13-26-14-18/h3-14,17H,15-16H2,1-2H3,(H2,25,28)(H,27,29). The van der Waals surface area contributed by atoms with Gasteiger partial charge in [0.2, 0.25) is 0 Å². The number of hydrogen-bond donors (Lipinski definition) is 2. The quantitative estimate of drug-likeness (QED) is 0.310. The van der Waals surface area contributed by atoms with Gasteiger partial charge in [-0.25, -0.2) is 0 Å². The number of benzene rings is 2. The molecule has 0 atom stereocenters. The van der Waals surface area contributed by atoms with E-state index in [1.165, 1.54) is 5.56 Å². The van der Waals surface area contributed by atoms with Crippen molar-refractivity contribution in [2.45, 2.75) is 26.4 Å². The number of aromatic nitrogens is 1. The third kappa shape index (κ3) is 6.85. The molecule has 0 radical (unpaired) electrons. The van der Waals surface area contributed by atoms with Crippen LogP contribution in [0.1, 0.15) is 36.5 Å². The van der Waals surface area contributed by atoms with E-state index < -0.39 is 0 Å². The summed E-state index contributed by atoms with van der Waals surface area (Å²) in [4.78, 5) is 21.2. The number of pyridine rings is 1. The summed E-state index contributed by atoms with van der Waals surface area (Å²) >= 11 is 0. The normalized spacial score (nSPS) is 11.3. The maximum absolute atomic E-state index is 12.0. The van der Waals surface area contributed by atoms with Crippen molar-refractivity contribution in [3.63, 3.8) is 0 Å². The predicted molar refractivity (Wildman–Crippen MR) is 121 cm³/mol. The maximum Gasteiger partial charge on any atom is 0.265 e. The van der Waals surface area contributed by atoms with E-state index in [2.05, 4.69) is 29.3 Å². The SMILES string of the molecule is CC(C)c1ccc(NC(=O)CO/N=C(/N)c2ccc(OCc3cccnc3)cc2)cc1. The van der Waals surface area contributed by atoms with Gasteiger partial charge in [0.25, 0.3) is 5.91 Å². The van der Waals surface area contributed by atoms with Crippen molar-refractivity contribution in [1.82, 2.24) is 4.98 Å². The van der Waals surface area contributed by atoms with Crippen molar-refractivity contribution >= 4 is 17.4 Å². The molecular weight excluding hydrogens is 392 g/mol. The van der Waals surface area contributed by atoms with E-state index in [0.29, 0.717) is 29.5 Å². The summed E-state index contributed by atoms with van der Waals surface area (Å²) in [5, 5.41) is 6.58. The molecule has 3 rings (SSSR count). The molecule has 0 spiro atoms. The molecule has 3 N–H and O–H groups in total. The summed E-state index contributed by atoms with van der Waals surface area (Å²) in [6, 6.07) is 18.6. The number of hydrogen-bond acceptors (Lipinski definition) is 5. The third-order valence-corrected chi connectivity index (χ3v) is 4.50. The number of anilines is 1. The van der Waals surface area contributed by atoms with Crippen LogP contribution in [0.5, 0.6) is 5.75 Å². The van der Waals surface area contributed by atoms with Crippen LogP contribution in [0.15, 0.2) is 78.2 Å². The lowest BCUT2D eigenvalue weighted by molar-refractivity contribution is -0.120. The fraction of sp³-hybridized carbons (Fsp3) is 0.208. The second-order valence-corrected chi connectivity index (χ2v) is 7.25. The van der Waals surface area contributed by atoms with Gasteiger partial charge in [-0.2, -0.15) is 0 Å². The lowest BCUT2D eigenvalue weighted by Crippen LogP contribution is -2.19. The number of ether oxygens (including phenoxy) is 1. The smallest absolute Gasteiger partial charge is 0.265 e. The number of nitrogens with one attached hydrogen (secondary N) is 1. The molecule has 1 amide bonds. The Kier molecular flexibility index (Phi) is 7.59. The average molecular weight is 418 g/mol. The van der Waals surface area contributed by atoms with Crippen molar-refractivity contribution < 1.29 is 14.4 Å². The molecule has 31 heavy (non-hydrogen) atoms. The van der Waals surface area contributed by atoms with Crippen molar-refractivity contribution in [2.75, 3.05) is 11.9 Å². The van der Waals surface area contributed by atoms with E-state index in [4.69, 9.17) is 15.3 Å². The molecule has 7 heteroatoms. The fourth-order valence-electron chi connectivity index (χ4n) is 2.73. The molecule has 3 aromatic rings. The van der Waals surface area contributed by atoms with Crippen LogP contribution in [0.2, 0.25) is 0 Å². The number of oxime groups is 1. The van der Waals surface area contributed by atoms with Gasteiger partial charge in [0.1, 0.15) is 12.4 Å². The van der Waals surface area contributed by atoms with Crippen LogP contribution in [0.25, 0.3) is 0 Å². The van der Waals surface area contributed by atoms with Crippen LogP contribution in [0, 0.1) is 0 Å². The molecule has 0 aliphatic carbocycles. The maximum atomic E-state index is 12.0. The van der Waals surface area contributed by atoms with Crippen molar-refractivity contribution in [3.05, 3.63) is 89.7 Å². The lowest BCUT2D eigenvalue weighted by atomic mass is 10.0. The summed E-state index contributed by atoms with van der Waals surface area (Å²) in [7, 11) is 0. The number of carbonyl (C=O) groups is 1. The highest BCUT2D eigenvalue weighted by Gasteiger charge is 2.06. The van der Waals surface area contributed by atoms with Crippen LogP contribution in [0.3, 0.4) is 0 Å². The average Bonchev–Trinajstić information content (AvgIpc) is 2.79. The van der Waals surface area contributed by atoms with E-state index in [0.717, 1.165) is 5.56 Å². The second kappa shape index (κ2) is 10.8. The highest BCUT2D eigenvalue weighted by atomic mass is 16.6. The molecule has 160 valence electrons. The Morgan fingerprint density at radius 2 is 1.84 bits per heavy atom. The van der Waals surface area contributed by atoms with Crippen molar-refractivity contribution in [1.29, 1.82) is 0 Å². The summed E-state index contributed by atoms with van der Waals surface area (Å²) in [5.41, 5.74) is 9.50. The van der Waals surface area contributed by atoms with Crippen LogP contribution >= 0.6 is 0 Å². The van der Waals surface area contributed by atoms with Crippen molar-refractivity contribution in [3.8, 4) is 5.75 Å². The topological polar surface area (TPSA) is 98.8 Å². The minimum atomic E-state index is -0.312. The first-order valence-corrected chi connectivity index (χ1v) is 9.98. The van der Waals surface area contributed by atoms with Gasteiger partial charge in [-0.3, -0.25) is 9.78 Å². The molecule has 0 saturated carbocycles. The third-order valence-electron chi connectivity index (χ3n) is 4.50. The fourth-order valence-corrected chi connectivity index (χ4v) is 2.73. The van der Waals surface area contributed by atoms with Crippen LogP contribution in [0.4, 0.5) is 5.69 Å². The number of carbonyl (C=O) groups excluding carboxylic acids is 1. The number of nitrogens with zero attached hydrogens (tertiary/aromatic N) is 2. The summed E-state index contributed by atoms with van der Waals surface area (Å²) in [6.07, 6.45) is 3.48. The molecule has 0 bridgehead atoms.